The predicted octanol–water partition coefficient (Wildman–Crippen LogP) is 3.32. The van der Waals surface area contributed by atoms with Crippen LogP contribution in [0.2, 0.25) is 5.02 Å². The first kappa shape index (κ1) is 17.6. The summed E-state index contributed by atoms with van der Waals surface area (Å²) in [6.45, 7) is 1.92. The molecule has 1 aromatic heterocycles. The molecular formula is C17H16ClN3O3S. The number of hydrogen-bond donors (Lipinski definition) is 1. The van der Waals surface area contributed by atoms with E-state index in [2.05, 4.69) is 14.9 Å². The van der Waals surface area contributed by atoms with Crippen LogP contribution in [0.4, 0.5) is 0 Å². The second-order valence-electron chi connectivity index (χ2n) is 5.59. The summed E-state index contributed by atoms with van der Waals surface area (Å²) < 4.78 is 31.9. The number of rotatable bonds is 6. The molecule has 2 aromatic carbocycles. The molecule has 1 heterocycles. The number of halogens is 1. The Bertz CT molecular complexity index is 969. The maximum atomic E-state index is 12.2. The van der Waals surface area contributed by atoms with Crippen molar-refractivity contribution in [1.29, 1.82) is 0 Å². The number of aromatic nitrogens is 2. The van der Waals surface area contributed by atoms with Gasteiger partial charge in [-0.05, 0) is 24.6 Å². The Morgan fingerprint density at radius 1 is 1.16 bits per heavy atom. The lowest BCUT2D eigenvalue weighted by atomic mass is 10.1. The van der Waals surface area contributed by atoms with Crippen LogP contribution in [-0.2, 0) is 22.3 Å². The van der Waals surface area contributed by atoms with Gasteiger partial charge in [0, 0.05) is 10.6 Å². The van der Waals surface area contributed by atoms with Gasteiger partial charge in [-0.25, -0.2) is 13.1 Å². The van der Waals surface area contributed by atoms with Crippen molar-refractivity contribution in [2.24, 2.45) is 0 Å². The monoisotopic (exact) mass is 377 g/mol. The highest BCUT2D eigenvalue weighted by Gasteiger charge is 2.15. The molecule has 0 aliphatic rings. The molecule has 130 valence electrons. The van der Waals surface area contributed by atoms with Crippen LogP contribution >= 0.6 is 11.6 Å². The van der Waals surface area contributed by atoms with Crippen LogP contribution in [0.15, 0.2) is 53.1 Å². The molecule has 0 atom stereocenters. The Hall–Kier alpha value is -2.22. The summed E-state index contributed by atoms with van der Waals surface area (Å²) in [6, 6.07) is 14.4. The first-order valence-electron chi connectivity index (χ1n) is 7.53. The van der Waals surface area contributed by atoms with E-state index in [0.717, 1.165) is 11.1 Å². The number of nitrogens with zero attached hydrogens (tertiary/aromatic N) is 2. The van der Waals surface area contributed by atoms with Crippen LogP contribution in [-0.4, -0.2) is 18.6 Å². The highest BCUT2D eigenvalue weighted by molar-refractivity contribution is 7.88. The number of sulfonamides is 1. The van der Waals surface area contributed by atoms with Crippen molar-refractivity contribution in [3.8, 4) is 11.4 Å². The van der Waals surface area contributed by atoms with Gasteiger partial charge in [0.2, 0.25) is 21.7 Å². The molecule has 25 heavy (non-hydrogen) atoms. The van der Waals surface area contributed by atoms with Crippen LogP contribution in [0.1, 0.15) is 17.0 Å². The Balaban J connectivity index is 1.64. The van der Waals surface area contributed by atoms with Crippen molar-refractivity contribution in [3.63, 3.8) is 0 Å². The fraction of sp³-hybridized carbons (Fsp3) is 0.176. The molecule has 3 aromatic rings. The lowest BCUT2D eigenvalue weighted by Crippen LogP contribution is -2.24. The molecule has 0 saturated heterocycles. The standard InChI is InChI=1S/C17H16ClN3O3S/c1-12-5-7-14(8-6-12)17-20-16(24-21-17)10-19-25(22,23)11-13-3-2-4-15(18)9-13/h2-9,19H,10-11H2,1H3. The number of hydrogen-bond acceptors (Lipinski definition) is 5. The van der Waals surface area contributed by atoms with Crippen molar-refractivity contribution in [3.05, 3.63) is 70.6 Å². The average molecular weight is 378 g/mol. The summed E-state index contributed by atoms with van der Waals surface area (Å²) >= 11 is 5.87. The van der Waals surface area contributed by atoms with Crippen molar-refractivity contribution in [2.45, 2.75) is 19.2 Å². The molecule has 1 N–H and O–H groups in total. The zero-order valence-electron chi connectivity index (χ0n) is 13.4. The molecule has 0 saturated carbocycles. The van der Waals surface area contributed by atoms with Gasteiger partial charge in [-0.3, -0.25) is 0 Å². The lowest BCUT2D eigenvalue weighted by Gasteiger charge is -2.05. The summed E-state index contributed by atoms with van der Waals surface area (Å²) in [5.41, 5.74) is 2.54. The van der Waals surface area contributed by atoms with E-state index in [-0.39, 0.29) is 18.2 Å². The minimum atomic E-state index is -3.55. The molecule has 0 fully saturated rings. The molecule has 0 aliphatic carbocycles. The van der Waals surface area contributed by atoms with Gasteiger partial charge >= 0.3 is 0 Å². The maximum absolute atomic E-state index is 12.2. The van der Waals surface area contributed by atoms with Gasteiger partial charge in [-0.2, -0.15) is 4.98 Å². The highest BCUT2D eigenvalue weighted by Crippen LogP contribution is 2.17. The van der Waals surface area contributed by atoms with E-state index in [0.29, 0.717) is 16.4 Å². The van der Waals surface area contributed by atoms with E-state index in [4.69, 9.17) is 16.1 Å². The first-order valence-corrected chi connectivity index (χ1v) is 9.56. The summed E-state index contributed by atoms with van der Waals surface area (Å²) in [4.78, 5) is 4.21. The van der Waals surface area contributed by atoms with Crippen molar-refractivity contribution >= 4 is 21.6 Å². The third-order valence-electron chi connectivity index (χ3n) is 3.47. The Kier molecular flexibility index (Phi) is 5.17. The van der Waals surface area contributed by atoms with E-state index < -0.39 is 10.0 Å². The number of benzene rings is 2. The van der Waals surface area contributed by atoms with E-state index in [1.165, 1.54) is 0 Å². The van der Waals surface area contributed by atoms with Gasteiger partial charge in [0.15, 0.2) is 0 Å². The quantitative estimate of drug-likeness (QED) is 0.712. The van der Waals surface area contributed by atoms with E-state index >= 15 is 0 Å². The molecule has 0 amide bonds. The third kappa shape index (κ3) is 4.88. The Morgan fingerprint density at radius 3 is 2.64 bits per heavy atom. The van der Waals surface area contributed by atoms with Gasteiger partial charge in [0.05, 0.1) is 12.3 Å². The second kappa shape index (κ2) is 7.35. The lowest BCUT2D eigenvalue weighted by molar-refractivity contribution is 0.376. The zero-order valence-corrected chi connectivity index (χ0v) is 15.0. The molecule has 3 rings (SSSR count). The minimum absolute atomic E-state index is 0.0677. The second-order valence-corrected chi connectivity index (χ2v) is 7.83. The van der Waals surface area contributed by atoms with Gasteiger partial charge in [-0.1, -0.05) is 58.7 Å². The smallest absolute Gasteiger partial charge is 0.242 e. The van der Waals surface area contributed by atoms with Crippen LogP contribution in [0.5, 0.6) is 0 Å². The normalized spacial score (nSPS) is 11.6. The molecule has 6 nitrogen and oxygen atoms in total. The molecule has 0 aliphatic heterocycles. The first-order chi connectivity index (χ1) is 11.9. The Labute approximate surface area is 150 Å². The van der Waals surface area contributed by atoms with Gasteiger partial charge < -0.3 is 4.52 Å². The van der Waals surface area contributed by atoms with E-state index in [1.807, 2.05) is 31.2 Å². The molecule has 0 radical (unpaired) electrons. The Morgan fingerprint density at radius 2 is 1.92 bits per heavy atom. The van der Waals surface area contributed by atoms with Crippen LogP contribution in [0, 0.1) is 6.92 Å². The van der Waals surface area contributed by atoms with Crippen molar-refractivity contribution in [1.82, 2.24) is 14.9 Å². The SMILES string of the molecule is Cc1ccc(-c2noc(CNS(=O)(=O)Cc3cccc(Cl)c3)n2)cc1. The van der Waals surface area contributed by atoms with E-state index in [9.17, 15) is 8.42 Å². The van der Waals surface area contributed by atoms with Crippen molar-refractivity contribution in [2.75, 3.05) is 0 Å². The minimum Gasteiger partial charge on any atom is -0.338 e. The van der Waals surface area contributed by atoms with Crippen LogP contribution in [0.25, 0.3) is 11.4 Å². The maximum Gasteiger partial charge on any atom is 0.242 e. The number of aryl methyl sites for hydroxylation is 1. The molecule has 8 heteroatoms. The summed E-state index contributed by atoms with van der Waals surface area (Å²) in [7, 11) is -3.55. The highest BCUT2D eigenvalue weighted by atomic mass is 35.5. The van der Waals surface area contributed by atoms with E-state index in [1.54, 1.807) is 24.3 Å². The number of nitrogens with one attached hydrogen (secondary N) is 1. The van der Waals surface area contributed by atoms with Gasteiger partial charge in [0.25, 0.3) is 0 Å². The average Bonchev–Trinajstić information content (AvgIpc) is 3.02. The van der Waals surface area contributed by atoms with Gasteiger partial charge in [-0.15, -0.1) is 0 Å². The summed E-state index contributed by atoms with van der Waals surface area (Å²) in [5.74, 6) is 0.446. The molecular weight excluding hydrogens is 362 g/mol. The fourth-order valence-corrected chi connectivity index (χ4v) is 3.49. The largest absolute Gasteiger partial charge is 0.338 e. The van der Waals surface area contributed by atoms with Gasteiger partial charge in [0.1, 0.15) is 0 Å². The van der Waals surface area contributed by atoms with Crippen LogP contribution in [0.3, 0.4) is 0 Å². The summed E-state index contributed by atoms with van der Waals surface area (Å²) in [6.07, 6.45) is 0. The topological polar surface area (TPSA) is 85.1 Å². The molecule has 0 spiro atoms. The molecule has 0 unspecified atom stereocenters. The third-order valence-corrected chi connectivity index (χ3v) is 5.00. The molecule has 0 bridgehead atoms. The fourth-order valence-electron chi connectivity index (χ4n) is 2.22. The van der Waals surface area contributed by atoms with Crippen molar-refractivity contribution < 1.29 is 12.9 Å². The zero-order chi connectivity index (χ0) is 17.9. The van der Waals surface area contributed by atoms with Crippen LogP contribution < -0.4 is 4.72 Å². The summed E-state index contributed by atoms with van der Waals surface area (Å²) in [5, 5.41) is 4.37. The predicted molar refractivity (Wildman–Crippen MR) is 95.4 cm³/mol.